The average Bonchev–Trinajstić information content (AvgIpc) is 3.26. The fourth-order valence-corrected chi connectivity index (χ4v) is 3.11. The minimum Gasteiger partial charge on any atom is -0.497 e. The maximum atomic E-state index is 12.4. The molecule has 0 saturated carbocycles. The number of methoxy groups -OCH3 is 1. The second kappa shape index (κ2) is 7.11. The molecule has 7 nitrogen and oxygen atoms in total. The topological polar surface area (TPSA) is 84.3 Å². The molecular formula is C20H21N5O2. The van der Waals surface area contributed by atoms with Crippen LogP contribution >= 0.6 is 0 Å². The van der Waals surface area contributed by atoms with E-state index < -0.39 is 0 Å². The molecule has 0 radical (unpaired) electrons. The Bertz CT molecular complexity index is 1110. The lowest BCUT2D eigenvalue weighted by Gasteiger charge is -2.04. The van der Waals surface area contributed by atoms with Gasteiger partial charge in [0.1, 0.15) is 11.4 Å². The zero-order chi connectivity index (χ0) is 18.8. The van der Waals surface area contributed by atoms with Crippen LogP contribution in [0.15, 0.2) is 42.7 Å². The van der Waals surface area contributed by atoms with Crippen molar-refractivity contribution in [1.82, 2.24) is 24.9 Å². The van der Waals surface area contributed by atoms with E-state index in [0.717, 1.165) is 46.4 Å². The number of aromatic amines is 1. The zero-order valence-electron chi connectivity index (χ0n) is 15.3. The minimum absolute atomic E-state index is 0.110. The number of amides is 1. The summed E-state index contributed by atoms with van der Waals surface area (Å²) < 4.78 is 7.00. The van der Waals surface area contributed by atoms with Crippen molar-refractivity contribution in [1.29, 1.82) is 0 Å². The number of hydrogen-bond acceptors (Lipinski definition) is 4. The van der Waals surface area contributed by atoms with E-state index in [4.69, 9.17) is 4.74 Å². The quantitative estimate of drug-likeness (QED) is 0.516. The molecule has 1 amide bonds. The van der Waals surface area contributed by atoms with Crippen LogP contribution in [0.3, 0.4) is 0 Å². The first-order chi connectivity index (χ1) is 13.1. The predicted octanol–water partition coefficient (Wildman–Crippen LogP) is 2.89. The Morgan fingerprint density at radius 3 is 3.04 bits per heavy atom. The first kappa shape index (κ1) is 17.1. The summed E-state index contributed by atoms with van der Waals surface area (Å²) in [6, 6.07) is 9.49. The smallest absolute Gasteiger partial charge is 0.267 e. The summed E-state index contributed by atoms with van der Waals surface area (Å²) in [7, 11) is 1.62. The van der Waals surface area contributed by atoms with Crippen molar-refractivity contribution in [2.75, 3.05) is 13.7 Å². The van der Waals surface area contributed by atoms with Crippen LogP contribution in [-0.4, -0.2) is 39.1 Å². The van der Waals surface area contributed by atoms with Crippen LogP contribution in [0, 0.1) is 6.92 Å². The van der Waals surface area contributed by atoms with Crippen LogP contribution in [0.2, 0.25) is 0 Å². The monoisotopic (exact) mass is 363 g/mol. The van der Waals surface area contributed by atoms with Crippen molar-refractivity contribution in [2.24, 2.45) is 0 Å². The zero-order valence-corrected chi connectivity index (χ0v) is 15.3. The molecule has 0 unspecified atom stereocenters. The Morgan fingerprint density at radius 2 is 2.19 bits per heavy atom. The fraction of sp³-hybridized carbons (Fsp3) is 0.250. The van der Waals surface area contributed by atoms with E-state index in [1.165, 1.54) is 0 Å². The number of benzene rings is 1. The Kier molecular flexibility index (Phi) is 4.50. The Hall–Kier alpha value is -3.35. The molecule has 27 heavy (non-hydrogen) atoms. The summed E-state index contributed by atoms with van der Waals surface area (Å²) in [5.41, 5.74) is 4.32. The molecule has 0 spiro atoms. The van der Waals surface area contributed by atoms with Crippen LogP contribution < -0.4 is 10.1 Å². The lowest BCUT2D eigenvalue weighted by molar-refractivity contribution is 0.0949. The van der Waals surface area contributed by atoms with Gasteiger partial charge in [-0.2, -0.15) is 5.10 Å². The number of nitrogens with zero attached hydrogens (tertiary/aromatic N) is 3. The standard InChI is InChI=1S/C20H21N5O2/c1-13-8-19-22-11-14(12-25(19)24-13)4-3-7-21-20(26)18-9-15-5-6-16(27-2)10-17(15)23-18/h5-6,8-12,23H,3-4,7H2,1-2H3,(H,21,26). The number of H-pyrrole nitrogens is 1. The summed E-state index contributed by atoms with van der Waals surface area (Å²) in [6.45, 7) is 2.54. The van der Waals surface area contributed by atoms with E-state index in [9.17, 15) is 4.79 Å². The number of nitrogens with one attached hydrogen (secondary N) is 2. The molecule has 0 aliphatic carbocycles. The number of aromatic nitrogens is 4. The van der Waals surface area contributed by atoms with Gasteiger partial charge in [-0.25, -0.2) is 9.50 Å². The largest absolute Gasteiger partial charge is 0.497 e. The number of hydrogen-bond donors (Lipinski definition) is 2. The van der Waals surface area contributed by atoms with Gasteiger partial charge in [-0.15, -0.1) is 0 Å². The maximum absolute atomic E-state index is 12.4. The fourth-order valence-electron chi connectivity index (χ4n) is 3.11. The van der Waals surface area contributed by atoms with Crippen LogP contribution in [0.25, 0.3) is 16.6 Å². The van der Waals surface area contributed by atoms with E-state index in [-0.39, 0.29) is 5.91 Å². The van der Waals surface area contributed by atoms with Gasteiger partial charge in [-0.05, 0) is 43.5 Å². The van der Waals surface area contributed by atoms with E-state index in [0.29, 0.717) is 12.2 Å². The van der Waals surface area contributed by atoms with Gasteiger partial charge in [0.2, 0.25) is 0 Å². The third-order valence-corrected chi connectivity index (χ3v) is 4.49. The highest BCUT2D eigenvalue weighted by molar-refractivity contribution is 5.98. The summed E-state index contributed by atoms with van der Waals surface area (Å²) in [5, 5.41) is 8.31. The molecule has 0 bridgehead atoms. The molecule has 0 aliphatic heterocycles. The Balaban J connectivity index is 1.33. The maximum Gasteiger partial charge on any atom is 0.267 e. The highest BCUT2D eigenvalue weighted by Gasteiger charge is 2.09. The van der Waals surface area contributed by atoms with Gasteiger partial charge in [0.25, 0.3) is 5.91 Å². The van der Waals surface area contributed by atoms with Gasteiger partial charge in [-0.3, -0.25) is 4.79 Å². The van der Waals surface area contributed by atoms with Crippen molar-refractivity contribution in [2.45, 2.75) is 19.8 Å². The van der Waals surface area contributed by atoms with E-state index >= 15 is 0 Å². The molecule has 3 aromatic heterocycles. The summed E-state index contributed by atoms with van der Waals surface area (Å²) in [5.74, 6) is 0.649. The molecule has 0 fully saturated rings. The number of carbonyl (C=O) groups excluding carboxylic acids is 1. The summed E-state index contributed by atoms with van der Waals surface area (Å²) in [6.07, 6.45) is 5.50. The van der Waals surface area contributed by atoms with E-state index in [2.05, 4.69) is 20.4 Å². The van der Waals surface area contributed by atoms with Crippen molar-refractivity contribution in [3.63, 3.8) is 0 Å². The first-order valence-corrected chi connectivity index (χ1v) is 8.88. The lowest BCUT2D eigenvalue weighted by Crippen LogP contribution is -2.25. The molecule has 0 saturated heterocycles. The lowest BCUT2D eigenvalue weighted by atomic mass is 10.2. The van der Waals surface area contributed by atoms with Crippen LogP contribution in [0.4, 0.5) is 0 Å². The van der Waals surface area contributed by atoms with Gasteiger partial charge in [0.15, 0.2) is 5.65 Å². The SMILES string of the molecule is COc1ccc2cc(C(=O)NCCCc3cnc4cc(C)nn4c3)[nH]c2c1. The molecular weight excluding hydrogens is 342 g/mol. The van der Waals surface area contributed by atoms with E-state index in [1.54, 1.807) is 11.6 Å². The van der Waals surface area contributed by atoms with Crippen molar-refractivity contribution in [3.05, 3.63) is 59.7 Å². The molecule has 3 heterocycles. The molecule has 2 N–H and O–H groups in total. The minimum atomic E-state index is -0.110. The highest BCUT2D eigenvalue weighted by atomic mass is 16.5. The number of ether oxygens (including phenoxy) is 1. The highest BCUT2D eigenvalue weighted by Crippen LogP contribution is 2.21. The molecule has 4 aromatic rings. The van der Waals surface area contributed by atoms with Crippen molar-refractivity contribution >= 4 is 22.5 Å². The van der Waals surface area contributed by atoms with Gasteiger partial charge in [0.05, 0.1) is 12.8 Å². The number of fused-ring (bicyclic) bond motifs is 2. The summed E-state index contributed by atoms with van der Waals surface area (Å²) in [4.78, 5) is 19.9. The second-order valence-corrected chi connectivity index (χ2v) is 6.55. The van der Waals surface area contributed by atoms with Crippen LogP contribution in [0.5, 0.6) is 5.75 Å². The molecule has 7 heteroatoms. The Labute approximate surface area is 156 Å². The first-order valence-electron chi connectivity index (χ1n) is 8.88. The van der Waals surface area contributed by atoms with Gasteiger partial charge < -0.3 is 15.0 Å². The molecule has 0 aliphatic rings. The van der Waals surface area contributed by atoms with Gasteiger partial charge in [0, 0.05) is 42.0 Å². The van der Waals surface area contributed by atoms with Crippen molar-refractivity contribution < 1.29 is 9.53 Å². The molecule has 1 aromatic carbocycles. The third kappa shape index (κ3) is 3.62. The number of rotatable bonds is 6. The van der Waals surface area contributed by atoms with Crippen molar-refractivity contribution in [3.8, 4) is 5.75 Å². The average molecular weight is 363 g/mol. The van der Waals surface area contributed by atoms with Gasteiger partial charge >= 0.3 is 0 Å². The predicted molar refractivity (Wildman–Crippen MR) is 103 cm³/mol. The van der Waals surface area contributed by atoms with Crippen LogP contribution in [0.1, 0.15) is 28.2 Å². The summed E-state index contributed by atoms with van der Waals surface area (Å²) >= 11 is 0. The third-order valence-electron chi connectivity index (χ3n) is 4.49. The second-order valence-electron chi connectivity index (χ2n) is 6.55. The molecule has 138 valence electrons. The Morgan fingerprint density at radius 1 is 1.30 bits per heavy atom. The molecule has 0 atom stereocenters. The normalized spacial score (nSPS) is 11.2. The number of aryl methyl sites for hydroxylation is 2. The number of carbonyl (C=O) groups is 1. The van der Waals surface area contributed by atoms with Crippen LogP contribution in [-0.2, 0) is 6.42 Å². The van der Waals surface area contributed by atoms with E-state index in [1.807, 2.05) is 49.6 Å². The van der Waals surface area contributed by atoms with Gasteiger partial charge in [-0.1, -0.05) is 0 Å². The molecule has 4 rings (SSSR count).